The largest absolute Gasteiger partial charge is 0.493 e. The summed E-state index contributed by atoms with van der Waals surface area (Å²) in [6.45, 7) is 5.20. The van der Waals surface area contributed by atoms with Crippen molar-refractivity contribution in [2.24, 2.45) is 0 Å². The van der Waals surface area contributed by atoms with E-state index in [0.717, 1.165) is 17.7 Å². The second kappa shape index (κ2) is 10.5. The molecule has 0 unspecified atom stereocenters. The maximum Gasteiger partial charge on any atom is 0.269 e. The van der Waals surface area contributed by atoms with Gasteiger partial charge in [-0.25, -0.2) is 0 Å². The van der Waals surface area contributed by atoms with E-state index < -0.39 is 4.92 Å². The molecule has 0 bridgehead atoms. The number of carbonyl (C=O) groups excluding carboxylic acids is 1. The molecule has 0 aliphatic carbocycles. The zero-order chi connectivity index (χ0) is 22.2. The third-order valence-corrected chi connectivity index (χ3v) is 5.08. The summed E-state index contributed by atoms with van der Waals surface area (Å²) in [5, 5.41) is 10.8. The summed E-state index contributed by atoms with van der Waals surface area (Å²) in [7, 11) is 1.59. The Morgan fingerprint density at radius 1 is 1.10 bits per heavy atom. The number of ether oxygens (including phenoxy) is 2. The van der Waals surface area contributed by atoms with Crippen molar-refractivity contribution < 1.29 is 19.2 Å². The fraction of sp³-hybridized carbons (Fsp3) is 0.348. The molecule has 3 rings (SSSR count). The van der Waals surface area contributed by atoms with Gasteiger partial charge in [-0.15, -0.1) is 0 Å². The molecule has 1 saturated heterocycles. The lowest BCUT2D eigenvalue weighted by Crippen LogP contribution is -2.48. The van der Waals surface area contributed by atoms with Crippen LogP contribution < -0.4 is 14.4 Å². The number of hydrogen-bond donors (Lipinski definition) is 0. The van der Waals surface area contributed by atoms with E-state index in [1.165, 1.54) is 12.1 Å². The topological polar surface area (TPSA) is 85.2 Å². The van der Waals surface area contributed by atoms with Crippen LogP contribution >= 0.6 is 0 Å². The predicted molar refractivity (Wildman–Crippen MR) is 120 cm³/mol. The van der Waals surface area contributed by atoms with E-state index in [0.29, 0.717) is 44.3 Å². The van der Waals surface area contributed by atoms with Crippen LogP contribution in [0, 0.1) is 10.1 Å². The number of nitro benzene ring substituents is 1. The highest BCUT2D eigenvalue weighted by Gasteiger charge is 2.20. The molecule has 1 amide bonds. The highest BCUT2D eigenvalue weighted by atomic mass is 16.6. The molecule has 0 saturated carbocycles. The molecule has 164 valence electrons. The minimum Gasteiger partial charge on any atom is -0.493 e. The van der Waals surface area contributed by atoms with E-state index >= 15 is 0 Å². The molecule has 1 aliphatic heterocycles. The lowest BCUT2D eigenvalue weighted by molar-refractivity contribution is -0.384. The van der Waals surface area contributed by atoms with Gasteiger partial charge in [0.1, 0.15) is 0 Å². The van der Waals surface area contributed by atoms with Gasteiger partial charge in [0, 0.05) is 50.1 Å². The van der Waals surface area contributed by atoms with Crippen molar-refractivity contribution in [1.82, 2.24) is 4.90 Å². The van der Waals surface area contributed by atoms with E-state index in [9.17, 15) is 14.9 Å². The standard InChI is InChI=1S/C23H27N3O5/c1-3-16-31-21-10-4-18(17-22(21)30-2)5-11-23(27)25-14-12-24(13-15-25)19-6-8-20(9-7-19)26(28)29/h4-11,17H,3,12-16H2,1-2H3/b11-5+. The van der Waals surface area contributed by atoms with Crippen molar-refractivity contribution in [1.29, 1.82) is 0 Å². The number of anilines is 1. The van der Waals surface area contributed by atoms with Gasteiger partial charge in [0.15, 0.2) is 11.5 Å². The molecule has 8 nitrogen and oxygen atoms in total. The van der Waals surface area contributed by atoms with Crippen LogP contribution in [0.4, 0.5) is 11.4 Å². The first kappa shape index (κ1) is 22.1. The Kier molecular flexibility index (Phi) is 7.48. The molecule has 8 heteroatoms. The first-order valence-corrected chi connectivity index (χ1v) is 10.3. The van der Waals surface area contributed by atoms with Gasteiger partial charge in [0.25, 0.3) is 5.69 Å². The average molecular weight is 425 g/mol. The van der Waals surface area contributed by atoms with Crippen LogP contribution in [0.2, 0.25) is 0 Å². The van der Waals surface area contributed by atoms with Crippen molar-refractivity contribution in [3.05, 3.63) is 64.2 Å². The Bertz CT molecular complexity index is 935. The second-order valence-electron chi connectivity index (χ2n) is 7.18. The summed E-state index contributed by atoms with van der Waals surface area (Å²) in [4.78, 5) is 26.9. The monoisotopic (exact) mass is 425 g/mol. The third-order valence-electron chi connectivity index (χ3n) is 5.08. The van der Waals surface area contributed by atoms with Gasteiger partial charge in [0.2, 0.25) is 5.91 Å². The van der Waals surface area contributed by atoms with Gasteiger partial charge >= 0.3 is 0 Å². The molecule has 0 radical (unpaired) electrons. The van der Waals surface area contributed by atoms with E-state index in [1.54, 1.807) is 36.3 Å². The van der Waals surface area contributed by atoms with Gasteiger partial charge in [0.05, 0.1) is 18.6 Å². The molecule has 0 spiro atoms. The second-order valence-corrected chi connectivity index (χ2v) is 7.18. The smallest absolute Gasteiger partial charge is 0.269 e. The van der Waals surface area contributed by atoms with E-state index in [4.69, 9.17) is 9.47 Å². The first-order valence-electron chi connectivity index (χ1n) is 10.3. The molecule has 31 heavy (non-hydrogen) atoms. The Morgan fingerprint density at radius 3 is 2.42 bits per heavy atom. The van der Waals surface area contributed by atoms with Gasteiger partial charge in [-0.05, 0) is 42.3 Å². The van der Waals surface area contributed by atoms with Crippen LogP contribution in [0.15, 0.2) is 48.5 Å². The number of hydrogen-bond acceptors (Lipinski definition) is 6. The van der Waals surface area contributed by atoms with Crippen LogP contribution in [0.3, 0.4) is 0 Å². The van der Waals surface area contributed by atoms with Crippen LogP contribution in [0.5, 0.6) is 11.5 Å². The number of non-ortho nitro benzene ring substituents is 1. The number of carbonyl (C=O) groups is 1. The molecule has 1 heterocycles. The number of nitrogens with zero attached hydrogens (tertiary/aromatic N) is 3. The predicted octanol–water partition coefficient (Wildman–Crippen LogP) is 3.75. The van der Waals surface area contributed by atoms with Crippen molar-refractivity contribution in [3.8, 4) is 11.5 Å². The third kappa shape index (κ3) is 5.75. The van der Waals surface area contributed by atoms with Crippen molar-refractivity contribution in [2.75, 3.05) is 44.8 Å². The SMILES string of the molecule is CCCOc1ccc(/C=C/C(=O)N2CCN(c3ccc([N+](=O)[O-])cc3)CC2)cc1OC. The van der Waals surface area contributed by atoms with Crippen LogP contribution in [-0.2, 0) is 4.79 Å². The van der Waals surface area contributed by atoms with E-state index in [-0.39, 0.29) is 11.6 Å². The average Bonchev–Trinajstić information content (AvgIpc) is 2.81. The summed E-state index contributed by atoms with van der Waals surface area (Å²) >= 11 is 0. The fourth-order valence-electron chi connectivity index (χ4n) is 3.36. The van der Waals surface area contributed by atoms with Crippen LogP contribution in [0.1, 0.15) is 18.9 Å². The van der Waals surface area contributed by atoms with E-state index in [2.05, 4.69) is 4.90 Å². The van der Waals surface area contributed by atoms with E-state index in [1.807, 2.05) is 25.1 Å². The molecule has 0 N–H and O–H groups in total. The Morgan fingerprint density at radius 2 is 1.81 bits per heavy atom. The Labute approximate surface area is 181 Å². The number of rotatable bonds is 8. The summed E-state index contributed by atoms with van der Waals surface area (Å²) < 4.78 is 11.0. The fourth-order valence-corrected chi connectivity index (χ4v) is 3.36. The molecule has 0 atom stereocenters. The van der Waals surface area contributed by atoms with Gasteiger partial charge < -0.3 is 19.3 Å². The highest BCUT2D eigenvalue weighted by molar-refractivity contribution is 5.92. The summed E-state index contributed by atoms with van der Waals surface area (Å²) in [5.74, 6) is 1.28. The van der Waals surface area contributed by atoms with Gasteiger partial charge in [-0.3, -0.25) is 14.9 Å². The Hall–Kier alpha value is -3.55. The molecule has 1 fully saturated rings. The highest BCUT2D eigenvalue weighted by Crippen LogP contribution is 2.28. The molecular formula is C23H27N3O5. The van der Waals surface area contributed by atoms with Crippen molar-refractivity contribution >= 4 is 23.4 Å². The van der Waals surface area contributed by atoms with Gasteiger partial charge in [-0.1, -0.05) is 13.0 Å². The molecule has 2 aromatic rings. The summed E-state index contributed by atoms with van der Waals surface area (Å²) in [6.07, 6.45) is 4.26. The minimum absolute atomic E-state index is 0.0476. The van der Waals surface area contributed by atoms with Crippen molar-refractivity contribution in [2.45, 2.75) is 13.3 Å². The molecule has 1 aliphatic rings. The zero-order valence-electron chi connectivity index (χ0n) is 17.8. The van der Waals surface area contributed by atoms with Crippen molar-refractivity contribution in [3.63, 3.8) is 0 Å². The zero-order valence-corrected chi connectivity index (χ0v) is 17.8. The normalized spacial score (nSPS) is 14.0. The Balaban J connectivity index is 1.56. The quantitative estimate of drug-likeness (QED) is 0.364. The van der Waals surface area contributed by atoms with Gasteiger partial charge in [-0.2, -0.15) is 0 Å². The lowest BCUT2D eigenvalue weighted by Gasteiger charge is -2.35. The molecular weight excluding hydrogens is 398 g/mol. The lowest BCUT2D eigenvalue weighted by atomic mass is 10.1. The summed E-state index contributed by atoms with van der Waals surface area (Å²) in [6, 6.07) is 12.1. The number of piperazine rings is 1. The molecule has 2 aromatic carbocycles. The number of methoxy groups -OCH3 is 1. The summed E-state index contributed by atoms with van der Waals surface area (Å²) in [5.41, 5.74) is 1.86. The number of benzene rings is 2. The minimum atomic E-state index is -0.409. The van der Waals surface area contributed by atoms with Crippen LogP contribution in [-0.4, -0.2) is 55.6 Å². The maximum absolute atomic E-state index is 12.6. The number of nitro groups is 1. The van der Waals surface area contributed by atoms with Crippen LogP contribution in [0.25, 0.3) is 6.08 Å². The first-order chi connectivity index (χ1) is 15.0. The number of amides is 1. The molecule has 0 aromatic heterocycles. The maximum atomic E-state index is 12.6.